The van der Waals surface area contributed by atoms with Gasteiger partial charge >= 0.3 is 0 Å². The molecular formula is C16H25N3O2. The fourth-order valence-electron chi connectivity index (χ4n) is 2.28. The second-order valence-corrected chi connectivity index (χ2v) is 6.53. The molecule has 1 heterocycles. The highest BCUT2D eigenvalue weighted by molar-refractivity contribution is 5.76. The van der Waals surface area contributed by atoms with Crippen molar-refractivity contribution in [1.29, 1.82) is 5.26 Å². The molecule has 116 valence electrons. The van der Waals surface area contributed by atoms with E-state index in [9.17, 15) is 4.79 Å². The molecule has 0 fully saturated rings. The first-order valence-corrected chi connectivity index (χ1v) is 7.24. The Morgan fingerprint density at radius 1 is 1.52 bits per heavy atom. The normalized spacial score (nSPS) is 12.7. The molecule has 5 heteroatoms. The molecule has 2 N–H and O–H groups in total. The van der Waals surface area contributed by atoms with E-state index in [1.54, 1.807) is 17.2 Å². The molecule has 0 aromatic carbocycles. The van der Waals surface area contributed by atoms with Crippen LogP contribution in [-0.2, 0) is 11.3 Å². The lowest BCUT2D eigenvalue weighted by atomic mass is 9.87. The Morgan fingerprint density at radius 2 is 2.24 bits per heavy atom. The lowest BCUT2D eigenvalue weighted by molar-refractivity contribution is -0.132. The third-order valence-electron chi connectivity index (χ3n) is 3.08. The minimum Gasteiger partial charge on any atom is -0.467 e. The van der Waals surface area contributed by atoms with Gasteiger partial charge in [0.2, 0.25) is 5.91 Å². The second kappa shape index (κ2) is 7.84. The fraction of sp³-hybridized carbons (Fsp3) is 0.625. The first-order valence-electron chi connectivity index (χ1n) is 7.24. The summed E-state index contributed by atoms with van der Waals surface area (Å²) in [4.78, 5) is 14.0. The number of carbonyl (C=O) groups excluding carboxylic acids is 1. The van der Waals surface area contributed by atoms with Crippen LogP contribution in [0.15, 0.2) is 22.8 Å². The summed E-state index contributed by atoms with van der Waals surface area (Å²) >= 11 is 0. The van der Waals surface area contributed by atoms with E-state index in [4.69, 9.17) is 15.4 Å². The van der Waals surface area contributed by atoms with E-state index in [-0.39, 0.29) is 17.4 Å². The second-order valence-electron chi connectivity index (χ2n) is 6.53. The third-order valence-corrected chi connectivity index (χ3v) is 3.08. The first-order chi connectivity index (χ1) is 9.81. The summed E-state index contributed by atoms with van der Waals surface area (Å²) in [5.74, 6) is 0.684. The highest BCUT2D eigenvalue weighted by Crippen LogP contribution is 2.21. The number of rotatable bonds is 7. The van der Waals surface area contributed by atoms with Gasteiger partial charge in [0, 0.05) is 19.0 Å². The van der Waals surface area contributed by atoms with Gasteiger partial charge in [0.1, 0.15) is 5.76 Å². The molecule has 0 aliphatic heterocycles. The van der Waals surface area contributed by atoms with Gasteiger partial charge in [-0.05, 0) is 24.0 Å². The Balaban J connectivity index is 2.60. The van der Waals surface area contributed by atoms with Crippen molar-refractivity contribution >= 4 is 5.91 Å². The Labute approximate surface area is 126 Å². The lowest BCUT2D eigenvalue weighted by Crippen LogP contribution is -2.37. The van der Waals surface area contributed by atoms with Crippen LogP contribution in [0.5, 0.6) is 0 Å². The molecule has 0 saturated heterocycles. The molecule has 0 saturated carbocycles. The van der Waals surface area contributed by atoms with Crippen molar-refractivity contribution < 1.29 is 9.21 Å². The van der Waals surface area contributed by atoms with Gasteiger partial charge < -0.3 is 15.1 Å². The van der Waals surface area contributed by atoms with Crippen LogP contribution >= 0.6 is 0 Å². The zero-order chi connectivity index (χ0) is 15.9. The zero-order valence-corrected chi connectivity index (χ0v) is 13.1. The predicted molar refractivity (Wildman–Crippen MR) is 81.0 cm³/mol. The van der Waals surface area contributed by atoms with Gasteiger partial charge in [-0.1, -0.05) is 20.8 Å². The van der Waals surface area contributed by atoms with Crippen LogP contribution in [0, 0.1) is 16.7 Å². The summed E-state index contributed by atoms with van der Waals surface area (Å²) in [6.45, 7) is 7.10. The largest absolute Gasteiger partial charge is 0.467 e. The SMILES string of the molecule is CC(C)(C)CC(N)CC(=O)N(CCC#N)Cc1ccco1. The van der Waals surface area contributed by atoms with Crippen molar-refractivity contribution in [3.63, 3.8) is 0 Å². The van der Waals surface area contributed by atoms with Gasteiger partial charge in [-0.25, -0.2) is 0 Å². The van der Waals surface area contributed by atoms with Crippen molar-refractivity contribution in [2.75, 3.05) is 6.54 Å². The van der Waals surface area contributed by atoms with Gasteiger partial charge in [0.25, 0.3) is 0 Å². The predicted octanol–water partition coefficient (Wildman–Crippen LogP) is 2.68. The van der Waals surface area contributed by atoms with E-state index in [0.717, 1.165) is 6.42 Å². The molecule has 0 radical (unpaired) electrons. The summed E-state index contributed by atoms with van der Waals surface area (Å²) in [6, 6.07) is 5.51. The van der Waals surface area contributed by atoms with E-state index < -0.39 is 0 Å². The van der Waals surface area contributed by atoms with Crippen LogP contribution in [0.4, 0.5) is 0 Å². The molecule has 0 aliphatic rings. The highest BCUT2D eigenvalue weighted by atomic mass is 16.3. The summed E-state index contributed by atoms with van der Waals surface area (Å²) in [6.07, 6.45) is 2.96. The summed E-state index contributed by atoms with van der Waals surface area (Å²) in [7, 11) is 0. The quantitative estimate of drug-likeness (QED) is 0.837. The van der Waals surface area contributed by atoms with E-state index in [1.165, 1.54) is 0 Å². The van der Waals surface area contributed by atoms with E-state index >= 15 is 0 Å². The molecule has 0 spiro atoms. The fourth-order valence-corrected chi connectivity index (χ4v) is 2.28. The van der Waals surface area contributed by atoms with Crippen molar-refractivity contribution in [3.8, 4) is 6.07 Å². The minimum absolute atomic E-state index is 0.0293. The average molecular weight is 291 g/mol. The summed E-state index contributed by atoms with van der Waals surface area (Å²) in [5.41, 5.74) is 6.16. The minimum atomic E-state index is -0.168. The number of carbonyl (C=O) groups is 1. The Bertz CT molecular complexity index is 469. The molecule has 1 amide bonds. The topological polar surface area (TPSA) is 83.3 Å². The molecule has 0 aliphatic carbocycles. The molecule has 1 rings (SSSR count). The molecule has 5 nitrogen and oxygen atoms in total. The van der Waals surface area contributed by atoms with Crippen LogP contribution in [0.25, 0.3) is 0 Å². The maximum Gasteiger partial charge on any atom is 0.224 e. The summed E-state index contributed by atoms with van der Waals surface area (Å²) < 4.78 is 5.27. The Hall–Kier alpha value is -1.80. The summed E-state index contributed by atoms with van der Waals surface area (Å²) in [5, 5.41) is 8.72. The van der Waals surface area contributed by atoms with Gasteiger partial charge in [-0.2, -0.15) is 5.26 Å². The van der Waals surface area contributed by atoms with Gasteiger partial charge in [-0.3, -0.25) is 4.79 Å². The standard InChI is InChI=1S/C16H25N3O2/c1-16(2,3)11-13(18)10-15(20)19(8-5-7-17)12-14-6-4-9-21-14/h4,6,9,13H,5,8,10-12,18H2,1-3H3. The van der Waals surface area contributed by atoms with Crippen LogP contribution < -0.4 is 5.73 Å². The maximum absolute atomic E-state index is 12.4. The first kappa shape index (κ1) is 17.3. The highest BCUT2D eigenvalue weighted by Gasteiger charge is 2.21. The number of nitrogens with two attached hydrogens (primary N) is 1. The monoisotopic (exact) mass is 291 g/mol. The molecule has 1 aromatic heterocycles. The molecule has 1 unspecified atom stereocenters. The van der Waals surface area contributed by atoms with Gasteiger partial charge in [-0.15, -0.1) is 0 Å². The van der Waals surface area contributed by atoms with Gasteiger partial charge in [0.15, 0.2) is 0 Å². The van der Waals surface area contributed by atoms with Crippen molar-refractivity contribution in [1.82, 2.24) is 4.90 Å². The smallest absolute Gasteiger partial charge is 0.224 e. The number of hydrogen-bond acceptors (Lipinski definition) is 4. The van der Waals surface area contributed by atoms with Crippen LogP contribution in [-0.4, -0.2) is 23.4 Å². The number of amides is 1. The van der Waals surface area contributed by atoms with Gasteiger partial charge in [0.05, 0.1) is 25.3 Å². The lowest BCUT2D eigenvalue weighted by Gasteiger charge is -2.26. The molecule has 0 bridgehead atoms. The average Bonchev–Trinajstić information content (AvgIpc) is 2.84. The van der Waals surface area contributed by atoms with Crippen molar-refractivity contribution in [2.45, 2.75) is 52.6 Å². The maximum atomic E-state index is 12.4. The number of hydrogen-bond donors (Lipinski definition) is 1. The van der Waals surface area contributed by atoms with Crippen LogP contribution in [0.1, 0.15) is 45.8 Å². The van der Waals surface area contributed by atoms with E-state index in [1.807, 2.05) is 6.07 Å². The van der Waals surface area contributed by atoms with Crippen LogP contribution in [0.2, 0.25) is 0 Å². The third kappa shape index (κ3) is 6.96. The van der Waals surface area contributed by atoms with Crippen molar-refractivity contribution in [2.24, 2.45) is 11.1 Å². The van der Waals surface area contributed by atoms with Crippen molar-refractivity contribution in [3.05, 3.63) is 24.2 Å². The molecule has 1 aromatic rings. The van der Waals surface area contributed by atoms with E-state index in [0.29, 0.717) is 31.7 Å². The molecule has 21 heavy (non-hydrogen) atoms. The number of nitrogens with zero attached hydrogens (tertiary/aromatic N) is 2. The number of furan rings is 1. The Kier molecular flexibility index (Phi) is 6.44. The Morgan fingerprint density at radius 3 is 2.76 bits per heavy atom. The van der Waals surface area contributed by atoms with E-state index in [2.05, 4.69) is 26.8 Å². The number of nitriles is 1. The molecule has 1 atom stereocenters. The zero-order valence-electron chi connectivity index (χ0n) is 13.1. The van der Waals surface area contributed by atoms with Crippen LogP contribution in [0.3, 0.4) is 0 Å². The molecular weight excluding hydrogens is 266 g/mol.